The van der Waals surface area contributed by atoms with Crippen molar-refractivity contribution < 1.29 is 4.74 Å². The molecule has 1 aliphatic carbocycles. The standard InChI is InChI=1S/C15H24N2O/c1-4-10-17(12-8-9-12)13-6-5-7-14(18-3)15(13)11(2)16/h5-7,11-12H,4,8-10,16H2,1-3H3/t11-/m1/s1. The number of benzene rings is 1. The molecule has 100 valence electrons. The predicted molar refractivity (Wildman–Crippen MR) is 76.3 cm³/mol. The highest BCUT2D eigenvalue weighted by atomic mass is 16.5. The topological polar surface area (TPSA) is 38.5 Å². The van der Waals surface area contributed by atoms with E-state index in [2.05, 4.69) is 24.0 Å². The second-order valence-electron chi connectivity index (χ2n) is 5.11. The van der Waals surface area contributed by atoms with Gasteiger partial charge in [0.1, 0.15) is 5.75 Å². The van der Waals surface area contributed by atoms with Crippen LogP contribution in [0.5, 0.6) is 5.75 Å². The van der Waals surface area contributed by atoms with Gasteiger partial charge in [-0.25, -0.2) is 0 Å². The number of nitrogens with zero attached hydrogens (tertiary/aromatic N) is 1. The van der Waals surface area contributed by atoms with Crippen molar-refractivity contribution in [3.8, 4) is 5.75 Å². The highest BCUT2D eigenvalue weighted by Crippen LogP contribution is 2.39. The van der Waals surface area contributed by atoms with E-state index in [1.807, 2.05) is 13.0 Å². The van der Waals surface area contributed by atoms with Crippen LogP contribution in [0.2, 0.25) is 0 Å². The van der Waals surface area contributed by atoms with Crippen LogP contribution in [0.15, 0.2) is 18.2 Å². The van der Waals surface area contributed by atoms with E-state index in [4.69, 9.17) is 10.5 Å². The summed E-state index contributed by atoms with van der Waals surface area (Å²) >= 11 is 0. The Morgan fingerprint density at radius 1 is 1.44 bits per heavy atom. The molecule has 18 heavy (non-hydrogen) atoms. The molecule has 1 fully saturated rings. The molecule has 3 heteroatoms. The summed E-state index contributed by atoms with van der Waals surface area (Å²) in [6, 6.07) is 6.93. The number of ether oxygens (including phenoxy) is 1. The number of methoxy groups -OCH3 is 1. The van der Waals surface area contributed by atoms with E-state index in [0.29, 0.717) is 6.04 Å². The van der Waals surface area contributed by atoms with E-state index in [1.54, 1.807) is 7.11 Å². The van der Waals surface area contributed by atoms with Crippen LogP contribution in [0.3, 0.4) is 0 Å². The maximum Gasteiger partial charge on any atom is 0.125 e. The predicted octanol–water partition coefficient (Wildman–Crippen LogP) is 3.09. The molecule has 0 spiro atoms. The maximum atomic E-state index is 6.14. The van der Waals surface area contributed by atoms with Crippen molar-refractivity contribution >= 4 is 5.69 Å². The van der Waals surface area contributed by atoms with Gasteiger partial charge >= 0.3 is 0 Å². The third kappa shape index (κ3) is 2.61. The van der Waals surface area contributed by atoms with Crippen LogP contribution in [0.1, 0.15) is 44.7 Å². The van der Waals surface area contributed by atoms with E-state index >= 15 is 0 Å². The summed E-state index contributed by atoms with van der Waals surface area (Å²) in [5, 5.41) is 0. The molecular formula is C15H24N2O. The maximum absolute atomic E-state index is 6.14. The average molecular weight is 248 g/mol. The van der Waals surface area contributed by atoms with Crippen LogP contribution >= 0.6 is 0 Å². The van der Waals surface area contributed by atoms with Gasteiger partial charge in [0, 0.05) is 29.9 Å². The highest BCUT2D eigenvalue weighted by Gasteiger charge is 2.31. The van der Waals surface area contributed by atoms with Crippen molar-refractivity contribution in [2.24, 2.45) is 5.73 Å². The fraction of sp³-hybridized carbons (Fsp3) is 0.600. The van der Waals surface area contributed by atoms with Crippen molar-refractivity contribution in [2.75, 3.05) is 18.6 Å². The van der Waals surface area contributed by atoms with Crippen LogP contribution in [-0.2, 0) is 0 Å². The zero-order valence-corrected chi connectivity index (χ0v) is 11.6. The molecule has 1 aromatic carbocycles. The van der Waals surface area contributed by atoms with Gasteiger partial charge in [-0.1, -0.05) is 13.0 Å². The lowest BCUT2D eigenvalue weighted by Gasteiger charge is -2.29. The largest absolute Gasteiger partial charge is 0.496 e. The molecule has 2 rings (SSSR count). The first-order valence-corrected chi connectivity index (χ1v) is 6.88. The molecule has 1 atom stereocenters. The van der Waals surface area contributed by atoms with Gasteiger partial charge in [-0.2, -0.15) is 0 Å². The van der Waals surface area contributed by atoms with Crippen molar-refractivity contribution in [1.29, 1.82) is 0 Å². The van der Waals surface area contributed by atoms with Crippen LogP contribution in [0.25, 0.3) is 0 Å². The van der Waals surface area contributed by atoms with Crippen LogP contribution in [-0.4, -0.2) is 19.7 Å². The molecule has 1 saturated carbocycles. The minimum absolute atomic E-state index is 0.00532. The smallest absolute Gasteiger partial charge is 0.125 e. The molecule has 0 heterocycles. The quantitative estimate of drug-likeness (QED) is 0.840. The number of hydrogen-bond donors (Lipinski definition) is 1. The van der Waals surface area contributed by atoms with Gasteiger partial charge in [0.05, 0.1) is 7.11 Å². The highest BCUT2D eigenvalue weighted by molar-refractivity contribution is 5.62. The summed E-state index contributed by atoms with van der Waals surface area (Å²) in [6.07, 6.45) is 3.76. The van der Waals surface area contributed by atoms with Crippen molar-refractivity contribution in [1.82, 2.24) is 0 Å². The molecular weight excluding hydrogens is 224 g/mol. The van der Waals surface area contributed by atoms with E-state index < -0.39 is 0 Å². The number of nitrogens with two attached hydrogens (primary N) is 1. The monoisotopic (exact) mass is 248 g/mol. The number of anilines is 1. The molecule has 2 N–H and O–H groups in total. The number of hydrogen-bond acceptors (Lipinski definition) is 3. The van der Waals surface area contributed by atoms with E-state index in [9.17, 15) is 0 Å². The molecule has 1 aliphatic rings. The molecule has 0 unspecified atom stereocenters. The molecule has 1 aromatic rings. The SMILES string of the molecule is CCCN(c1cccc(OC)c1[C@@H](C)N)C1CC1. The summed E-state index contributed by atoms with van der Waals surface area (Å²) in [5.74, 6) is 0.907. The van der Waals surface area contributed by atoms with Gasteiger partial charge in [-0.15, -0.1) is 0 Å². The van der Waals surface area contributed by atoms with Crippen molar-refractivity contribution in [2.45, 2.75) is 45.2 Å². The zero-order valence-electron chi connectivity index (χ0n) is 11.6. The molecule has 0 radical (unpaired) electrons. The van der Waals surface area contributed by atoms with Crippen molar-refractivity contribution in [3.63, 3.8) is 0 Å². The fourth-order valence-corrected chi connectivity index (χ4v) is 2.55. The lowest BCUT2D eigenvalue weighted by Crippen LogP contribution is -2.28. The Morgan fingerprint density at radius 3 is 2.67 bits per heavy atom. The second kappa shape index (κ2) is 5.61. The van der Waals surface area contributed by atoms with Gasteiger partial charge in [0.15, 0.2) is 0 Å². The molecule has 0 saturated heterocycles. The fourth-order valence-electron chi connectivity index (χ4n) is 2.55. The van der Waals surface area contributed by atoms with Gasteiger partial charge < -0.3 is 15.4 Å². The lowest BCUT2D eigenvalue weighted by molar-refractivity contribution is 0.407. The van der Waals surface area contributed by atoms with Crippen LogP contribution < -0.4 is 15.4 Å². The van der Waals surface area contributed by atoms with Gasteiger partial charge in [-0.05, 0) is 38.3 Å². The van der Waals surface area contributed by atoms with E-state index in [-0.39, 0.29) is 6.04 Å². The molecule has 0 bridgehead atoms. The summed E-state index contributed by atoms with van der Waals surface area (Å²) in [7, 11) is 1.71. The first kappa shape index (κ1) is 13.2. The summed E-state index contributed by atoms with van der Waals surface area (Å²) in [6.45, 7) is 5.34. The van der Waals surface area contributed by atoms with Crippen LogP contribution in [0, 0.1) is 0 Å². The van der Waals surface area contributed by atoms with E-state index in [1.165, 1.54) is 18.5 Å². The van der Waals surface area contributed by atoms with Gasteiger partial charge in [0.25, 0.3) is 0 Å². The lowest BCUT2D eigenvalue weighted by atomic mass is 10.0. The van der Waals surface area contributed by atoms with Crippen molar-refractivity contribution in [3.05, 3.63) is 23.8 Å². The Labute approximate surface area is 110 Å². The zero-order chi connectivity index (χ0) is 13.1. The summed E-state index contributed by atoms with van der Waals surface area (Å²) in [5.41, 5.74) is 8.54. The van der Waals surface area contributed by atoms with E-state index in [0.717, 1.165) is 24.3 Å². The second-order valence-corrected chi connectivity index (χ2v) is 5.11. The van der Waals surface area contributed by atoms with Gasteiger partial charge in [0.2, 0.25) is 0 Å². The Bertz CT molecular complexity index is 399. The Hall–Kier alpha value is -1.22. The normalized spacial score (nSPS) is 16.4. The first-order valence-electron chi connectivity index (χ1n) is 6.88. The Kier molecular flexibility index (Phi) is 4.12. The Balaban J connectivity index is 2.40. The molecule has 3 nitrogen and oxygen atoms in total. The summed E-state index contributed by atoms with van der Waals surface area (Å²) in [4.78, 5) is 2.50. The van der Waals surface area contributed by atoms with Crippen LogP contribution in [0.4, 0.5) is 5.69 Å². The van der Waals surface area contributed by atoms with Gasteiger partial charge in [-0.3, -0.25) is 0 Å². The number of rotatable bonds is 6. The molecule has 0 aromatic heterocycles. The average Bonchev–Trinajstić information content (AvgIpc) is 3.19. The third-order valence-electron chi connectivity index (χ3n) is 3.48. The minimum atomic E-state index is -0.00532. The summed E-state index contributed by atoms with van der Waals surface area (Å²) < 4.78 is 5.47. The minimum Gasteiger partial charge on any atom is -0.496 e. The first-order chi connectivity index (χ1) is 8.69. The third-order valence-corrected chi connectivity index (χ3v) is 3.48. The Morgan fingerprint density at radius 2 is 2.17 bits per heavy atom. The molecule has 0 aliphatic heterocycles. The molecule has 0 amide bonds.